The predicted octanol–water partition coefficient (Wildman–Crippen LogP) is 13.6. The van der Waals surface area contributed by atoms with Crippen LogP contribution in [0.25, 0.3) is 93.5 Å². The van der Waals surface area contributed by atoms with Crippen molar-refractivity contribution in [3.8, 4) is 50.2 Å². The Labute approximate surface area is 342 Å². The van der Waals surface area contributed by atoms with E-state index < -0.39 is 11.5 Å². The molecule has 0 unspecified atom stereocenters. The third kappa shape index (κ3) is 4.12. The summed E-state index contributed by atoms with van der Waals surface area (Å²) in [6.07, 6.45) is 3.32. The fourth-order valence-corrected chi connectivity index (χ4v) is 10.3. The molecule has 2 aromatic heterocycles. The van der Waals surface area contributed by atoms with E-state index in [1.54, 1.807) is 12.4 Å². The Morgan fingerprint density at radius 2 is 0.948 bits per heavy atom. The number of hydrogen-bond acceptors (Lipinski definition) is 2. The van der Waals surface area contributed by atoms with Crippen LogP contribution >= 0.6 is 0 Å². The van der Waals surface area contributed by atoms with Crippen molar-refractivity contribution in [3.05, 3.63) is 223 Å². The lowest BCUT2D eigenvalue weighted by Crippen LogP contribution is -2.25. The van der Waals surface area contributed by atoms with E-state index in [2.05, 4.69) is 160 Å². The highest BCUT2D eigenvalue weighted by Gasteiger charge is 2.51. The first kappa shape index (κ1) is 27.1. The van der Waals surface area contributed by atoms with Crippen LogP contribution in [-0.2, 0) is 5.41 Å². The molecule has 9 aromatic carbocycles. The summed E-state index contributed by atoms with van der Waals surface area (Å²) in [5, 5.41) is 14.4. The number of benzene rings is 9. The molecule has 0 N–H and O–H groups in total. The van der Waals surface area contributed by atoms with Crippen molar-refractivity contribution in [1.82, 2.24) is 14.8 Å². The maximum atomic E-state index is 8.80. The lowest BCUT2D eigenvalue weighted by atomic mass is 9.70. The molecule has 268 valence electrons. The van der Waals surface area contributed by atoms with Crippen molar-refractivity contribution in [3.63, 3.8) is 0 Å². The summed E-state index contributed by atoms with van der Waals surface area (Å²) < 4.78 is 44.9. The third-order valence-corrected chi connectivity index (χ3v) is 12.7. The molecule has 0 amide bonds. The summed E-state index contributed by atoms with van der Waals surface area (Å²) in [6, 6.07) is 55.4. The fourth-order valence-electron chi connectivity index (χ4n) is 10.3. The van der Waals surface area contributed by atoms with E-state index in [-0.39, 0.29) is 29.7 Å². The van der Waals surface area contributed by atoms with E-state index in [0.29, 0.717) is 10.9 Å². The summed E-state index contributed by atoms with van der Waals surface area (Å²) in [7, 11) is 0. The largest absolute Gasteiger partial charge is 0.309 e. The van der Waals surface area contributed by atoms with Gasteiger partial charge in [0.15, 0.2) is 0 Å². The minimum Gasteiger partial charge on any atom is -0.309 e. The topological polar surface area (TPSA) is 30.7 Å². The molecule has 2 heterocycles. The van der Waals surface area contributed by atoms with Crippen molar-refractivity contribution in [2.75, 3.05) is 0 Å². The van der Waals surface area contributed by atoms with Gasteiger partial charge in [-0.1, -0.05) is 152 Å². The summed E-state index contributed by atoms with van der Waals surface area (Å²) in [5.41, 5.74) is 15.6. The van der Waals surface area contributed by atoms with Crippen LogP contribution in [0.15, 0.2) is 200 Å². The molecule has 0 radical (unpaired) electrons. The average molecular weight is 741 g/mol. The second-order valence-electron chi connectivity index (χ2n) is 15.4. The van der Waals surface area contributed by atoms with Crippen LogP contribution in [0.3, 0.4) is 0 Å². The van der Waals surface area contributed by atoms with Gasteiger partial charge in [-0.05, 0) is 114 Å². The molecule has 0 saturated heterocycles. The van der Waals surface area contributed by atoms with Crippen LogP contribution in [-0.4, -0.2) is 14.8 Å². The monoisotopic (exact) mass is 740 g/mol. The predicted molar refractivity (Wildman–Crippen MR) is 239 cm³/mol. The van der Waals surface area contributed by atoms with Gasteiger partial charge in [0.2, 0.25) is 0 Å². The van der Waals surface area contributed by atoms with E-state index in [9.17, 15) is 0 Å². The smallest absolute Gasteiger partial charge is 0.0725 e. The maximum absolute atomic E-state index is 8.80. The Balaban J connectivity index is 1.05. The van der Waals surface area contributed by atoms with Gasteiger partial charge in [-0.15, -0.1) is 0 Å². The van der Waals surface area contributed by atoms with Gasteiger partial charge in [0.05, 0.1) is 41.4 Å². The lowest BCUT2D eigenvalue weighted by Gasteiger charge is -2.30. The van der Waals surface area contributed by atoms with Gasteiger partial charge in [0.1, 0.15) is 0 Å². The van der Waals surface area contributed by atoms with Crippen molar-refractivity contribution >= 4 is 43.4 Å². The van der Waals surface area contributed by atoms with Gasteiger partial charge >= 0.3 is 0 Å². The molecule has 1 spiro atoms. The van der Waals surface area contributed by atoms with Crippen LogP contribution in [0.2, 0.25) is 0 Å². The number of aromatic nitrogens is 3. The van der Waals surface area contributed by atoms with Crippen LogP contribution in [0, 0.1) is 0 Å². The first-order valence-corrected chi connectivity index (χ1v) is 19.6. The van der Waals surface area contributed by atoms with Crippen LogP contribution < -0.4 is 0 Å². The van der Waals surface area contributed by atoms with Gasteiger partial charge in [0, 0.05) is 21.5 Å². The number of rotatable bonds is 3. The van der Waals surface area contributed by atoms with Gasteiger partial charge in [0.25, 0.3) is 0 Å². The summed E-state index contributed by atoms with van der Waals surface area (Å²) in [4.78, 5) is 0. The second-order valence-corrected chi connectivity index (χ2v) is 15.4. The molecule has 11 aromatic rings. The first-order chi connectivity index (χ1) is 30.8. The Bertz CT molecular complexity index is 3740. The highest BCUT2D eigenvalue weighted by Crippen LogP contribution is 2.63. The minimum atomic E-state index is -0.445. The van der Waals surface area contributed by atoms with Crippen LogP contribution in [0.5, 0.6) is 0 Å². The van der Waals surface area contributed by atoms with Crippen molar-refractivity contribution < 1.29 is 6.85 Å². The molecule has 0 fully saturated rings. The molecule has 3 nitrogen and oxygen atoms in total. The number of hydrogen-bond donors (Lipinski definition) is 0. The molecule has 0 bridgehead atoms. The normalized spacial score (nSPS) is 14.5. The van der Waals surface area contributed by atoms with Crippen molar-refractivity contribution in [2.24, 2.45) is 0 Å². The minimum absolute atomic E-state index is 0.132. The first-order valence-electron chi connectivity index (χ1n) is 22.1. The molecule has 0 saturated carbocycles. The van der Waals surface area contributed by atoms with E-state index in [1.165, 1.54) is 44.5 Å². The number of nitrogens with zero attached hydrogens (tertiary/aromatic N) is 3. The van der Waals surface area contributed by atoms with Crippen LogP contribution in [0.4, 0.5) is 0 Å². The molecular weight excluding hydrogens is 703 g/mol. The molecular formula is C55H33N3. The second kappa shape index (κ2) is 11.7. The van der Waals surface area contributed by atoms with Gasteiger partial charge in [-0.25, -0.2) is 0 Å². The molecule has 0 aliphatic heterocycles. The highest BCUT2D eigenvalue weighted by molar-refractivity contribution is 6.16. The van der Waals surface area contributed by atoms with E-state index >= 15 is 0 Å². The molecule has 13 rings (SSSR count). The highest BCUT2D eigenvalue weighted by atomic mass is 15.1. The number of fused-ring (bicyclic) bond motifs is 15. The van der Waals surface area contributed by atoms with Crippen molar-refractivity contribution in [2.45, 2.75) is 5.41 Å². The molecule has 3 heteroatoms. The summed E-state index contributed by atoms with van der Waals surface area (Å²) in [6.45, 7) is 0. The zero-order valence-corrected chi connectivity index (χ0v) is 31.0. The quantitative estimate of drug-likeness (QED) is 0.181. The Morgan fingerprint density at radius 1 is 0.397 bits per heavy atom. The fraction of sp³-hybridized carbons (Fsp3) is 0.0182. The van der Waals surface area contributed by atoms with E-state index in [1.807, 2.05) is 12.1 Å². The molecule has 58 heavy (non-hydrogen) atoms. The summed E-state index contributed by atoms with van der Waals surface area (Å²) in [5.74, 6) is 0. The van der Waals surface area contributed by atoms with Crippen molar-refractivity contribution in [1.29, 1.82) is 0 Å². The average Bonchev–Trinajstić information content (AvgIpc) is 3.93. The van der Waals surface area contributed by atoms with Gasteiger partial charge < -0.3 is 4.57 Å². The molecule has 2 aliphatic carbocycles. The summed E-state index contributed by atoms with van der Waals surface area (Å²) >= 11 is 0. The van der Waals surface area contributed by atoms with E-state index in [4.69, 9.17) is 6.85 Å². The zero-order valence-electron chi connectivity index (χ0n) is 36.0. The van der Waals surface area contributed by atoms with Gasteiger partial charge in [-0.3, -0.25) is 0 Å². The maximum Gasteiger partial charge on any atom is 0.0725 e. The zero-order chi connectivity index (χ0) is 42.3. The lowest BCUT2D eigenvalue weighted by molar-refractivity contribution is 0.794. The van der Waals surface area contributed by atoms with Crippen LogP contribution in [0.1, 0.15) is 29.1 Å². The SMILES string of the molecule is [2H]c1c([2H])c([2H])c(-c2ccc(-n3c4ccc(-c5ccc6c(c5)C5(c7ccccc7-c7ccccc75)c5ccccc5-6)cc4c4cc5ccccc5cc43)c3cnncc23)c([2H])c1[2H]. The standard InChI is InChI=1S/C55H33N3/c1-2-12-34(13-3-1)39-25-27-53(47-33-57-56-32-46(39)47)58-52-26-23-37(29-44(52)45-28-35-14-4-5-15-36(35)31-54(45)58)38-22-24-43-42-18-8-11-21-50(42)55(51(43)30-38)48-19-9-6-16-40(48)41-17-7-10-20-49(41)55/h1-33H/i1D,2D,3D,12D,13D. The van der Waals surface area contributed by atoms with E-state index in [0.717, 1.165) is 54.8 Å². The van der Waals surface area contributed by atoms with Gasteiger partial charge in [-0.2, -0.15) is 10.2 Å². The molecule has 0 atom stereocenters. The molecule has 2 aliphatic rings. The Morgan fingerprint density at radius 3 is 1.66 bits per heavy atom. The third-order valence-electron chi connectivity index (χ3n) is 12.7. The Kier molecular flexibility index (Phi) is 5.46. The Hall–Kier alpha value is -7.62.